The second-order valence-electron chi connectivity index (χ2n) is 5.20. The van der Waals surface area contributed by atoms with Gasteiger partial charge in [-0.25, -0.2) is 9.78 Å². The molecule has 3 rings (SSSR count). The van der Waals surface area contributed by atoms with E-state index in [1.807, 2.05) is 24.3 Å². The summed E-state index contributed by atoms with van der Waals surface area (Å²) in [6.45, 7) is 1.86. The lowest BCUT2D eigenvalue weighted by Gasteiger charge is -2.01. The maximum Gasteiger partial charge on any atom is 0.376 e. The van der Waals surface area contributed by atoms with Gasteiger partial charge in [-0.15, -0.1) is 0 Å². The fraction of sp³-hybridized carbons (Fsp3) is 0.111. The third kappa shape index (κ3) is 3.59. The Kier molecular flexibility index (Phi) is 5.31. The van der Waals surface area contributed by atoms with Crippen molar-refractivity contribution in [3.63, 3.8) is 0 Å². The van der Waals surface area contributed by atoms with Gasteiger partial charge in [0.05, 0.1) is 17.1 Å². The first-order chi connectivity index (χ1) is 12.5. The van der Waals surface area contributed by atoms with Crippen LogP contribution in [0.5, 0.6) is 0 Å². The molecule has 1 aromatic heterocycles. The molecular weight excluding hydrogens is 451 g/mol. The number of non-ortho nitro benzene ring substituents is 1. The van der Waals surface area contributed by atoms with Crippen LogP contribution >= 0.6 is 22.6 Å². The van der Waals surface area contributed by atoms with Crippen LogP contribution in [0.25, 0.3) is 22.7 Å². The number of nitro benzene ring substituents is 1. The van der Waals surface area contributed by atoms with Crippen molar-refractivity contribution < 1.29 is 18.9 Å². The van der Waals surface area contributed by atoms with Gasteiger partial charge < -0.3 is 9.15 Å². The monoisotopic (exact) mass is 464 g/mol. The summed E-state index contributed by atoms with van der Waals surface area (Å²) in [6, 6.07) is 13.3. The zero-order valence-corrected chi connectivity index (χ0v) is 15.8. The van der Waals surface area contributed by atoms with Crippen molar-refractivity contribution in [1.82, 2.24) is 4.98 Å². The number of nitrogens with zero attached hydrogens (tertiary/aromatic N) is 2. The van der Waals surface area contributed by atoms with E-state index in [0.29, 0.717) is 5.56 Å². The van der Waals surface area contributed by atoms with Crippen LogP contribution in [0.1, 0.15) is 17.5 Å². The van der Waals surface area contributed by atoms with Crippen molar-refractivity contribution in [1.29, 1.82) is 0 Å². The highest BCUT2D eigenvalue weighted by molar-refractivity contribution is 14.1. The predicted molar refractivity (Wildman–Crippen MR) is 103 cm³/mol. The molecule has 0 saturated carbocycles. The normalized spacial score (nSPS) is 10.5. The molecule has 0 aliphatic carbocycles. The molecular formula is C18H13IN2O5. The Morgan fingerprint density at radius 3 is 2.73 bits per heavy atom. The summed E-state index contributed by atoms with van der Waals surface area (Å²) in [5, 5.41) is 11.0. The average molecular weight is 464 g/mol. The van der Waals surface area contributed by atoms with Gasteiger partial charge in [0, 0.05) is 21.3 Å². The first-order valence-electron chi connectivity index (χ1n) is 7.69. The van der Waals surface area contributed by atoms with Crippen LogP contribution in [0.4, 0.5) is 5.69 Å². The number of rotatable bonds is 5. The summed E-state index contributed by atoms with van der Waals surface area (Å²) in [4.78, 5) is 27.3. The van der Waals surface area contributed by atoms with E-state index in [1.165, 1.54) is 18.2 Å². The first kappa shape index (κ1) is 18.1. The molecule has 8 heteroatoms. The number of halogens is 1. The zero-order valence-electron chi connectivity index (χ0n) is 13.6. The predicted octanol–water partition coefficient (Wildman–Crippen LogP) is 4.70. The van der Waals surface area contributed by atoms with Gasteiger partial charge in [-0.05, 0) is 41.6 Å². The van der Waals surface area contributed by atoms with Gasteiger partial charge in [-0.3, -0.25) is 10.1 Å². The first-order valence-corrected chi connectivity index (χ1v) is 8.76. The van der Waals surface area contributed by atoms with E-state index in [-0.39, 0.29) is 29.6 Å². The van der Waals surface area contributed by atoms with Crippen molar-refractivity contribution in [3.8, 4) is 22.7 Å². The summed E-state index contributed by atoms with van der Waals surface area (Å²) in [6.07, 6.45) is 0. The Balaban J connectivity index is 2.17. The third-order valence-electron chi connectivity index (χ3n) is 3.52. The van der Waals surface area contributed by atoms with E-state index in [1.54, 1.807) is 13.0 Å². The van der Waals surface area contributed by atoms with E-state index in [2.05, 4.69) is 27.6 Å². The van der Waals surface area contributed by atoms with Crippen LogP contribution < -0.4 is 0 Å². The van der Waals surface area contributed by atoms with Gasteiger partial charge in [0.15, 0.2) is 0 Å². The summed E-state index contributed by atoms with van der Waals surface area (Å²) in [7, 11) is 0. The molecule has 0 fully saturated rings. The fourth-order valence-electron chi connectivity index (χ4n) is 2.37. The second-order valence-corrected chi connectivity index (χ2v) is 6.37. The number of aromatic nitrogens is 1. The number of hydrogen-bond donors (Lipinski definition) is 0. The van der Waals surface area contributed by atoms with Crippen LogP contribution in [0.15, 0.2) is 52.9 Å². The second kappa shape index (κ2) is 7.65. The molecule has 0 spiro atoms. The average Bonchev–Trinajstić information content (AvgIpc) is 3.07. The maximum absolute atomic E-state index is 12.3. The third-order valence-corrected chi connectivity index (χ3v) is 4.46. The molecule has 7 nitrogen and oxygen atoms in total. The number of benzene rings is 2. The Morgan fingerprint density at radius 2 is 2.04 bits per heavy atom. The number of ether oxygens (including phenoxy) is 1. The molecule has 0 unspecified atom stereocenters. The van der Waals surface area contributed by atoms with Gasteiger partial charge in [0.2, 0.25) is 11.7 Å². The van der Waals surface area contributed by atoms with Crippen molar-refractivity contribution in [2.45, 2.75) is 6.92 Å². The quantitative estimate of drug-likeness (QED) is 0.235. The molecule has 0 aliphatic heterocycles. The molecule has 0 amide bonds. The lowest BCUT2D eigenvalue weighted by atomic mass is 10.1. The van der Waals surface area contributed by atoms with Crippen molar-refractivity contribution in [2.24, 2.45) is 0 Å². The van der Waals surface area contributed by atoms with Gasteiger partial charge in [-0.2, -0.15) is 0 Å². The van der Waals surface area contributed by atoms with Crippen LogP contribution in [-0.2, 0) is 4.74 Å². The number of esters is 1. The number of oxazole rings is 1. The molecule has 0 aliphatic rings. The summed E-state index contributed by atoms with van der Waals surface area (Å²) >= 11 is 2.14. The van der Waals surface area contributed by atoms with Crippen LogP contribution in [-0.4, -0.2) is 22.5 Å². The van der Waals surface area contributed by atoms with Crippen molar-refractivity contribution in [3.05, 3.63) is 68.0 Å². The lowest BCUT2D eigenvalue weighted by molar-refractivity contribution is -0.384. The molecule has 26 heavy (non-hydrogen) atoms. The summed E-state index contributed by atoms with van der Waals surface area (Å²) < 4.78 is 11.6. The van der Waals surface area contributed by atoms with E-state index in [9.17, 15) is 14.9 Å². The van der Waals surface area contributed by atoms with Crippen molar-refractivity contribution in [2.75, 3.05) is 6.61 Å². The van der Waals surface area contributed by atoms with Crippen LogP contribution in [0.2, 0.25) is 0 Å². The maximum atomic E-state index is 12.3. The minimum atomic E-state index is -0.668. The highest BCUT2D eigenvalue weighted by atomic mass is 127. The number of carbonyl (C=O) groups excluding carboxylic acids is 1. The summed E-state index contributed by atoms with van der Waals surface area (Å²) in [5.74, 6) is -0.500. The smallest absolute Gasteiger partial charge is 0.376 e. The van der Waals surface area contributed by atoms with Crippen LogP contribution in [0.3, 0.4) is 0 Å². The van der Waals surface area contributed by atoms with Gasteiger partial charge in [0.25, 0.3) is 5.69 Å². The topological polar surface area (TPSA) is 95.5 Å². The highest BCUT2D eigenvalue weighted by Crippen LogP contribution is 2.33. The molecule has 0 atom stereocenters. The lowest BCUT2D eigenvalue weighted by Crippen LogP contribution is -2.05. The highest BCUT2D eigenvalue weighted by Gasteiger charge is 2.25. The minimum absolute atomic E-state index is 0.0815. The Labute approximate surface area is 162 Å². The molecule has 0 radical (unpaired) electrons. The van der Waals surface area contributed by atoms with E-state index in [4.69, 9.17) is 9.15 Å². The molecule has 0 bridgehead atoms. The Hall–Kier alpha value is -2.75. The summed E-state index contributed by atoms with van der Waals surface area (Å²) in [5.41, 5.74) is 1.23. The van der Waals surface area contributed by atoms with E-state index in [0.717, 1.165) is 9.13 Å². The molecule has 0 N–H and O–H groups in total. The molecule has 3 aromatic rings. The van der Waals surface area contributed by atoms with Gasteiger partial charge in [0.1, 0.15) is 5.69 Å². The molecule has 132 valence electrons. The van der Waals surface area contributed by atoms with Crippen molar-refractivity contribution >= 4 is 34.2 Å². The van der Waals surface area contributed by atoms with E-state index < -0.39 is 10.9 Å². The minimum Gasteiger partial charge on any atom is -0.460 e. The van der Waals surface area contributed by atoms with Gasteiger partial charge >= 0.3 is 5.97 Å². The molecule has 2 aromatic carbocycles. The Morgan fingerprint density at radius 1 is 1.27 bits per heavy atom. The zero-order chi connectivity index (χ0) is 18.7. The SMILES string of the molecule is CCOC(=O)c1oc(-c2ccccc2I)nc1-c1cccc([N+](=O)[O-])c1. The number of nitro groups is 1. The number of carbonyl (C=O) groups is 1. The number of hydrogen-bond acceptors (Lipinski definition) is 6. The molecule has 1 heterocycles. The molecule has 0 saturated heterocycles. The Bertz CT molecular complexity index is 983. The fourth-order valence-corrected chi connectivity index (χ4v) is 2.99. The van der Waals surface area contributed by atoms with Gasteiger partial charge in [-0.1, -0.05) is 24.3 Å². The van der Waals surface area contributed by atoms with Crippen LogP contribution in [0, 0.1) is 13.7 Å². The largest absolute Gasteiger partial charge is 0.460 e. The standard InChI is InChI=1S/C18H13IN2O5/c1-2-25-18(22)16-15(11-6-5-7-12(10-11)21(23)24)20-17(26-16)13-8-3-4-9-14(13)19/h3-10H,2H2,1H3. The van der Waals surface area contributed by atoms with E-state index >= 15 is 0 Å².